The molecule has 0 spiro atoms. The van der Waals surface area contributed by atoms with E-state index in [1.165, 1.54) is 0 Å². The van der Waals surface area contributed by atoms with E-state index in [0.29, 0.717) is 0 Å². The minimum atomic E-state index is -0.900. The maximum atomic E-state index is 8.55. The largest absolute Gasteiger partial charge is 0.370 e. The maximum absolute atomic E-state index is 8.55. The maximum Gasteiger partial charge on any atom is 0.220 e. The molecule has 0 aromatic rings. The van der Waals surface area contributed by atoms with E-state index in [1.54, 1.807) is 13.8 Å². The average Bonchev–Trinajstić information content (AvgIpc) is 1.84. The second-order valence-corrected chi connectivity index (χ2v) is 2.68. The molecule has 0 aliphatic rings. The zero-order valence-corrected chi connectivity index (χ0v) is 7.07. The molecule has 0 radical (unpaired) electrons. The van der Waals surface area contributed by atoms with Gasteiger partial charge in [0, 0.05) is 0 Å². The van der Waals surface area contributed by atoms with E-state index < -0.39 is 5.54 Å². The minimum absolute atomic E-state index is 0.0958. The predicted octanol–water partition coefficient (Wildman–Crippen LogP) is -1.12. The van der Waals surface area contributed by atoms with Crippen LogP contribution in [0.2, 0.25) is 0 Å². The Bertz CT molecular complexity index is 252. The number of guanidine groups is 2. The van der Waals surface area contributed by atoms with Crippen molar-refractivity contribution in [3.05, 3.63) is 0 Å². The van der Waals surface area contributed by atoms with Crippen molar-refractivity contribution in [1.82, 2.24) is 0 Å². The van der Waals surface area contributed by atoms with E-state index in [-0.39, 0.29) is 11.9 Å². The highest BCUT2D eigenvalue weighted by Crippen LogP contribution is 2.05. The minimum Gasteiger partial charge on any atom is -0.370 e. The zero-order chi connectivity index (χ0) is 9.78. The Morgan fingerprint density at radius 2 is 1.83 bits per heavy atom. The Balaban J connectivity index is 4.60. The summed E-state index contributed by atoms with van der Waals surface area (Å²) in [6.07, 6.45) is 0. The Labute approximate surface area is 70.8 Å². The molecule has 6 heteroatoms. The third-order valence-electron chi connectivity index (χ3n) is 0.911. The van der Waals surface area contributed by atoms with Gasteiger partial charge in [-0.1, -0.05) is 0 Å². The van der Waals surface area contributed by atoms with Gasteiger partial charge in [0.15, 0.2) is 5.96 Å². The second-order valence-electron chi connectivity index (χ2n) is 2.68. The lowest BCUT2D eigenvalue weighted by Gasteiger charge is -2.07. The van der Waals surface area contributed by atoms with Crippen LogP contribution in [0.1, 0.15) is 13.8 Å². The fourth-order valence-electron chi connectivity index (χ4n) is 0.469. The van der Waals surface area contributed by atoms with Crippen LogP contribution in [0.25, 0.3) is 0 Å². The van der Waals surface area contributed by atoms with Gasteiger partial charge in [-0.05, 0) is 13.8 Å². The van der Waals surface area contributed by atoms with E-state index in [4.69, 9.17) is 22.5 Å². The van der Waals surface area contributed by atoms with Gasteiger partial charge in [0.25, 0.3) is 0 Å². The number of hydrogen-bond donors (Lipinski definition) is 3. The molecule has 0 amide bonds. The first-order chi connectivity index (χ1) is 5.37. The van der Waals surface area contributed by atoms with Crippen molar-refractivity contribution in [2.24, 2.45) is 27.2 Å². The van der Waals surface area contributed by atoms with E-state index in [2.05, 4.69) is 9.98 Å². The molecule has 0 bridgehead atoms. The molecular weight excluding hydrogens is 156 g/mol. The number of nitrogens with zero attached hydrogens (tertiary/aromatic N) is 3. The van der Waals surface area contributed by atoms with E-state index in [1.807, 2.05) is 6.07 Å². The molecule has 0 aromatic carbocycles. The lowest BCUT2D eigenvalue weighted by Crippen LogP contribution is -2.28. The topological polar surface area (TPSA) is 127 Å². The zero-order valence-electron chi connectivity index (χ0n) is 7.07. The third kappa shape index (κ3) is 4.11. The summed E-state index contributed by atoms with van der Waals surface area (Å²) in [5.74, 6) is -0.272. The lowest BCUT2D eigenvalue weighted by molar-refractivity contribution is 0.671. The molecule has 12 heavy (non-hydrogen) atoms. The summed E-state index contributed by atoms with van der Waals surface area (Å²) in [5.41, 5.74) is 14.5. The second kappa shape index (κ2) is 3.57. The molecule has 0 aliphatic heterocycles. The van der Waals surface area contributed by atoms with Crippen LogP contribution in [0.5, 0.6) is 0 Å². The van der Waals surface area contributed by atoms with Gasteiger partial charge in [0.1, 0.15) is 5.54 Å². The summed E-state index contributed by atoms with van der Waals surface area (Å²) in [4.78, 5) is 7.21. The van der Waals surface area contributed by atoms with Crippen molar-refractivity contribution in [2.75, 3.05) is 0 Å². The van der Waals surface area contributed by atoms with Crippen molar-refractivity contribution in [2.45, 2.75) is 19.4 Å². The fraction of sp³-hybridized carbons (Fsp3) is 0.500. The SMILES string of the molecule is CC(C)(C#N)N=C(N)N=C(N)N. The van der Waals surface area contributed by atoms with E-state index in [9.17, 15) is 0 Å². The Hall–Kier alpha value is -1.77. The Kier molecular flexibility index (Phi) is 3.04. The van der Waals surface area contributed by atoms with Crippen LogP contribution in [-0.2, 0) is 0 Å². The van der Waals surface area contributed by atoms with Crippen molar-refractivity contribution in [3.8, 4) is 6.07 Å². The predicted molar refractivity (Wildman–Crippen MR) is 47.1 cm³/mol. The molecule has 0 rings (SSSR count). The molecule has 0 unspecified atom stereocenters. The smallest absolute Gasteiger partial charge is 0.220 e. The molecule has 0 saturated heterocycles. The highest BCUT2D eigenvalue weighted by molar-refractivity contribution is 5.92. The molecule has 6 N–H and O–H groups in total. The van der Waals surface area contributed by atoms with Gasteiger partial charge in [-0.2, -0.15) is 10.3 Å². The summed E-state index contributed by atoms with van der Waals surface area (Å²) in [5, 5.41) is 8.55. The van der Waals surface area contributed by atoms with Crippen molar-refractivity contribution < 1.29 is 0 Å². The first kappa shape index (κ1) is 10.2. The molecular formula is C6H12N6. The normalized spacial score (nSPS) is 11.9. The highest BCUT2D eigenvalue weighted by Gasteiger charge is 2.14. The van der Waals surface area contributed by atoms with Gasteiger partial charge >= 0.3 is 0 Å². The quantitative estimate of drug-likeness (QED) is 0.338. The van der Waals surface area contributed by atoms with Crippen LogP contribution in [0, 0.1) is 11.3 Å². The van der Waals surface area contributed by atoms with Gasteiger partial charge in [0.2, 0.25) is 5.96 Å². The van der Waals surface area contributed by atoms with Crippen LogP contribution < -0.4 is 17.2 Å². The van der Waals surface area contributed by atoms with Crippen molar-refractivity contribution in [1.29, 1.82) is 5.26 Å². The monoisotopic (exact) mass is 168 g/mol. The molecule has 6 nitrogen and oxygen atoms in total. The summed E-state index contributed by atoms with van der Waals surface area (Å²) in [7, 11) is 0. The first-order valence-electron chi connectivity index (χ1n) is 3.23. The summed E-state index contributed by atoms with van der Waals surface area (Å²) in [6.45, 7) is 3.20. The van der Waals surface area contributed by atoms with Crippen LogP contribution in [0.4, 0.5) is 0 Å². The van der Waals surface area contributed by atoms with Gasteiger partial charge in [-0.3, -0.25) is 0 Å². The van der Waals surface area contributed by atoms with Crippen molar-refractivity contribution in [3.63, 3.8) is 0 Å². The molecule has 0 saturated carbocycles. The standard InChI is InChI=1S/C6H12N6/c1-6(2,3-7)12-5(10)11-4(8)9/h1-2H3,(H6,8,9,10,11,12). The Morgan fingerprint density at radius 1 is 1.33 bits per heavy atom. The van der Waals surface area contributed by atoms with Crippen LogP contribution in [0.3, 0.4) is 0 Å². The van der Waals surface area contributed by atoms with Gasteiger partial charge in [-0.25, -0.2) is 4.99 Å². The first-order valence-corrected chi connectivity index (χ1v) is 3.23. The molecule has 0 aromatic heterocycles. The molecule has 0 fully saturated rings. The molecule has 0 aliphatic carbocycles. The summed E-state index contributed by atoms with van der Waals surface area (Å²) >= 11 is 0. The van der Waals surface area contributed by atoms with Crippen LogP contribution in [0.15, 0.2) is 9.98 Å². The molecule has 0 heterocycles. The summed E-state index contributed by atoms with van der Waals surface area (Å²) < 4.78 is 0. The van der Waals surface area contributed by atoms with Crippen molar-refractivity contribution >= 4 is 11.9 Å². The Morgan fingerprint density at radius 3 is 2.17 bits per heavy atom. The van der Waals surface area contributed by atoms with Gasteiger partial charge in [0.05, 0.1) is 6.07 Å². The van der Waals surface area contributed by atoms with Gasteiger partial charge < -0.3 is 17.2 Å². The van der Waals surface area contributed by atoms with Crippen LogP contribution >= 0.6 is 0 Å². The highest BCUT2D eigenvalue weighted by atomic mass is 15.1. The number of rotatable bonds is 1. The molecule has 0 atom stereocenters. The number of hydrogen-bond acceptors (Lipinski definition) is 2. The number of aliphatic imine (C=N–C) groups is 2. The van der Waals surface area contributed by atoms with E-state index in [0.717, 1.165) is 0 Å². The number of nitriles is 1. The molecule has 66 valence electrons. The third-order valence-corrected chi connectivity index (χ3v) is 0.911. The van der Waals surface area contributed by atoms with Gasteiger partial charge in [-0.15, -0.1) is 0 Å². The van der Waals surface area contributed by atoms with E-state index >= 15 is 0 Å². The summed E-state index contributed by atoms with van der Waals surface area (Å²) in [6, 6.07) is 1.93. The number of nitrogens with two attached hydrogens (primary N) is 3. The van der Waals surface area contributed by atoms with Crippen LogP contribution in [-0.4, -0.2) is 17.5 Å². The lowest BCUT2D eigenvalue weighted by atomic mass is 10.1. The fourth-order valence-corrected chi connectivity index (χ4v) is 0.469. The average molecular weight is 168 g/mol.